The molecule has 62 heavy (non-hydrogen) atoms. The monoisotopic (exact) mass is 793 g/mol. The SMILES string of the molecule is c1ccc(-c2nc(-c3ccc(-c4cccc5c4oc4ccccc45)cc3)nc(-c3c(-c4ccccc4)c4c(-c5ccccc5)nn(-c5ccccc5)c4c4ccccc34)n2)cc1. The molecule has 0 saturated carbocycles. The molecule has 3 heterocycles. The van der Waals surface area contributed by atoms with Crippen molar-refractivity contribution < 1.29 is 4.42 Å². The number of aromatic nitrogens is 5. The Morgan fingerprint density at radius 1 is 0.355 bits per heavy atom. The summed E-state index contributed by atoms with van der Waals surface area (Å²) in [5.41, 5.74) is 12.4. The third kappa shape index (κ3) is 5.88. The first kappa shape index (κ1) is 35.5. The van der Waals surface area contributed by atoms with Crippen molar-refractivity contribution >= 4 is 43.6 Å². The molecule has 6 nitrogen and oxygen atoms in total. The van der Waals surface area contributed by atoms with Crippen LogP contribution in [0.25, 0.3) is 117 Å². The van der Waals surface area contributed by atoms with Crippen molar-refractivity contribution in [2.45, 2.75) is 0 Å². The fourth-order valence-electron chi connectivity index (χ4n) is 8.86. The van der Waals surface area contributed by atoms with Gasteiger partial charge in [0.1, 0.15) is 16.9 Å². The highest BCUT2D eigenvalue weighted by Crippen LogP contribution is 2.48. The molecule has 0 aliphatic heterocycles. The van der Waals surface area contributed by atoms with Crippen LogP contribution in [0.15, 0.2) is 217 Å². The van der Waals surface area contributed by atoms with E-state index in [1.807, 2.05) is 42.5 Å². The van der Waals surface area contributed by atoms with Crippen molar-refractivity contribution in [3.05, 3.63) is 212 Å². The van der Waals surface area contributed by atoms with Gasteiger partial charge in [0.15, 0.2) is 17.5 Å². The summed E-state index contributed by atoms with van der Waals surface area (Å²) < 4.78 is 8.51. The van der Waals surface area contributed by atoms with E-state index in [-0.39, 0.29) is 0 Å². The van der Waals surface area contributed by atoms with Gasteiger partial charge in [-0.1, -0.05) is 194 Å². The van der Waals surface area contributed by atoms with Gasteiger partial charge in [-0.2, -0.15) is 5.10 Å². The van der Waals surface area contributed by atoms with Gasteiger partial charge in [-0.25, -0.2) is 19.6 Å². The second-order valence-electron chi connectivity index (χ2n) is 15.4. The lowest BCUT2D eigenvalue weighted by Crippen LogP contribution is -2.03. The first-order chi connectivity index (χ1) is 30.8. The molecule has 3 aromatic heterocycles. The molecule has 0 spiro atoms. The number of para-hydroxylation sites is 3. The topological polar surface area (TPSA) is 69.6 Å². The molecular formula is C56H35N5O. The van der Waals surface area contributed by atoms with Crippen molar-refractivity contribution in [1.29, 1.82) is 0 Å². The summed E-state index contributed by atoms with van der Waals surface area (Å²) in [5, 5.41) is 10.7. The van der Waals surface area contributed by atoms with Crippen LogP contribution in [-0.2, 0) is 0 Å². The van der Waals surface area contributed by atoms with Gasteiger partial charge in [0, 0.05) is 54.9 Å². The van der Waals surface area contributed by atoms with Crippen LogP contribution in [-0.4, -0.2) is 24.7 Å². The molecule has 9 aromatic carbocycles. The van der Waals surface area contributed by atoms with Crippen molar-refractivity contribution in [2.75, 3.05) is 0 Å². The summed E-state index contributed by atoms with van der Waals surface area (Å²) in [7, 11) is 0. The molecule has 0 aliphatic rings. The summed E-state index contributed by atoms with van der Waals surface area (Å²) in [6, 6.07) is 73.1. The maximum atomic E-state index is 6.42. The molecule has 6 heteroatoms. The molecule has 0 N–H and O–H groups in total. The Hall–Kier alpha value is -8.48. The summed E-state index contributed by atoms with van der Waals surface area (Å²) >= 11 is 0. The summed E-state index contributed by atoms with van der Waals surface area (Å²) in [6.07, 6.45) is 0. The molecule has 0 aliphatic carbocycles. The highest BCUT2D eigenvalue weighted by molar-refractivity contribution is 6.23. The van der Waals surface area contributed by atoms with Gasteiger partial charge in [-0.05, 0) is 34.7 Å². The number of furan rings is 1. The first-order valence-electron chi connectivity index (χ1n) is 20.7. The first-order valence-corrected chi connectivity index (χ1v) is 20.7. The second kappa shape index (κ2) is 14.7. The zero-order chi connectivity index (χ0) is 41.0. The molecule has 0 fully saturated rings. The predicted octanol–water partition coefficient (Wildman–Crippen LogP) is 14.3. The van der Waals surface area contributed by atoms with Gasteiger partial charge in [-0.3, -0.25) is 0 Å². The average Bonchev–Trinajstić information content (AvgIpc) is 3.95. The van der Waals surface area contributed by atoms with Gasteiger partial charge >= 0.3 is 0 Å². The molecule has 0 unspecified atom stereocenters. The minimum Gasteiger partial charge on any atom is -0.455 e. The lowest BCUT2D eigenvalue weighted by atomic mass is 9.88. The van der Waals surface area contributed by atoms with E-state index in [0.717, 1.165) is 99.5 Å². The standard InChI is InChI=1S/C56H35N5O/c1-5-18-37(19-6-1)48-49(44-27-13-14-28-45(44)52-50(48)51(38-20-7-2-8-21-38)60-61(52)41-24-11-4-12-25-41)56-58-54(39-22-9-3-10-23-39)57-55(59-56)40-34-32-36(33-35-40)42-29-17-30-46-43-26-15-16-31-47(43)62-53(42)46/h1-35H. The van der Waals surface area contributed by atoms with E-state index < -0.39 is 0 Å². The van der Waals surface area contributed by atoms with E-state index in [4.69, 9.17) is 24.5 Å². The van der Waals surface area contributed by atoms with Gasteiger partial charge in [-0.15, -0.1) is 0 Å². The molecule has 0 amide bonds. The number of fused-ring (bicyclic) bond motifs is 6. The molecule has 0 bridgehead atoms. The largest absolute Gasteiger partial charge is 0.455 e. The number of rotatable bonds is 7. The highest BCUT2D eigenvalue weighted by Gasteiger charge is 2.27. The highest BCUT2D eigenvalue weighted by atomic mass is 16.3. The van der Waals surface area contributed by atoms with Crippen molar-refractivity contribution in [3.8, 4) is 73.4 Å². The Kier molecular flexibility index (Phi) is 8.38. The van der Waals surface area contributed by atoms with Crippen LogP contribution in [0.1, 0.15) is 0 Å². The van der Waals surface area contributed by atoms with Crippen LogP contribution < -0.4 is 0 Å². The van der Waals surface area contributed by atoms with Gasteiger partial charge in [0.25, 0.3) is 0 Å². The van der Waals surface area contributed by atoms with Crippen molar-refractivity contribution in [3.63, 3.8) is 0 Å². The number of benzene rings is 9. The lowest BCUT2D eigenvalue weighted by molar-refractivity contribution is 0.670. The smallest absolute Gasteiger partial charge is 0.165 e. The van der Waals surface area contributed by atoms with Gasteiger partial charge in [0.2, 0.25) is 0 Å². The van der Waals surface area contributed by atoms with E-state index in [1.54, 1.807) is 0 Å². The normalized spacial score (nSPS) is 11.5. The Morgan fingerprint density at radius 3 is 1.56 bits per heavy atom. The number of hydrogen-bond acceptors (Lipinski definition) is 5. The maximum absolute atomic E-state index is 6.42. The summed E-state index contributed by atoms with van der Waals surface area (Å²) in [6.45, 7) is 0. The Balaban J connectivity index is 1.14. The van der Waals surface area contributed by atoms with Crippen molar-refractivity contribution in [1.82, 2.24) is 24.7 Å². The molecule has 12 aromatic rings. The third-order valence-electron chi connectivity index (χ3n) is 11.7. The molecule has 290 valence electrons. The Bertz CT molecular complexity index is 3600. The number of hydrogen-bond donors (Lipinski definition) is 0. The van der Waals surface area contributed by atoms with E-state index >= 15 is 0 Å². The van der Waals surface area contributed by atoms with Gasteiger partial charge in [0.05, 0.1) is 11.2 Å². The van der Waals surface area contributed by atoms with Crippen LogP contribution in [0.3, 0.4) is 0 Å². The minimum absolute atomic E-state index is 0.577. The lowest BCUT2D eigenvalue weighted by Gasteiger charge is -2.18. The fourth-order valence-corrected chi connectivity index (χ4v) is 8.86. The summed E-state index contributed by atoms with van der Waals surface area (Å²) in [5.74, 6) is 1.75. The average molecular weight is 794 g/mol. The molecule has 0 radical (unpaired) electrons. The maximum Gasteiger partial charge on any atom is 0.165 e. The zero-order valence-electron chi connectivity index (χ0n) is 33.4. The third-order valence-corrected chi connectivity index (χ3v) is 11.7. The number of nitrogens with zero attached hydrogens (tertiary/aromatic N) is 5. The van der Waals surface area contributed by atoms with Crippen LogP contribution in [0.4, 0.5) is 0 Å². The summed E-state index contributed by atoms with van der Waals surface area (Å²) in [4.78, 5) is 16.0. The van der Waals surface area contributed by atoms with Crippen LogP contribution in [0, 0.1) is 0 Å². The van der Waals surface area contributed by atoms with E-state index in [0.29, 0.717) is 17.5 Å². The fraction of sp³-hybridized carbons (Fsp3) is 0. The van der Waals surface area contributed by atoms with Crippen LogP contribution >= 0.6 is 0 Å². The van der Waals surface area contributed by atoms with Crippen LogP contribution in [0.5, 0.6) is 0 Å². The molecule has 12 rings (SSSR count). The molecule has 0 saturated heterocycles. The molecular weight excluding hydrogens is 759 g/mol. The van der Waals surface area contributed by atoms with E-state index in [1.165, 1.54) is 0 Å². The predicted molar refractivity (Wildman–Crippen MR) is 252 cm³/mol. The minimum atomic E-state index is 0.577. The Morgan fingerprint density at radius 2 is 0.871 bits per heavy atom. The van der Waals surface area contributed by atoms with Crippen molar-refractivity contribution in [2.24, 2.45) is 0 Å². The quantitative estimate of drug-likeness (QED) is 0.161. The van der Waals surface area contributed by atoms with Crippen LogP contribution in [0.2, 0.25) is 0 Å². The zero-order valence-corrected chi connectivity index (χ0v) is 33.4. The van der Waals surface area contributed by atoms with Gasteiger partial charge < -0.3 is 4.42 Å². The molecule has 0 atom stereocenters. The van der Waals surface area contributed by atoms with E-state index in [9.17, 15) is 0 Å². The second-order valence-corrected chi connectivity index (χ2v) is 15.4. The van der Waals surface area contributed by atoms with E-state index in [2.05, 4.69) is 175 Å². The Labute approximate surface area is 357 Å².